The Kier molecular flexibility index (Phi) is 5.16. The van der Waals surface area contributed by atoms with E-state index in [0.717, 1.165) is 12.2 Å². The third-order valence-corrected chi connectivity index (χ3v) is 4.25. The predicted octanol–water partition coefficient (Wildman–Crippen LogP) is 4.05. The second-order valence-electron chi connectivity index (χ2n) is 3.96. The zero-order valence-corrected chi connectivity index (χ0v) is 11.3. The molecule has 0 aliphatic carbocycles. The molecule has 0 saturated carbocycles. The topological polar surface area (TPSA) is 9.23 Å². The first kappa shape index (κ1) is 12.6. The van der Waals surface area contributed by atoms with Crippen LogP contribution in [0.3, 0.4) is 0 Å². The average Bonchev–Trinajstić information content (AvgIpc) is 2.28. The van der Waals surface area contributed by atoms with Crippen LogP contribution in [0.1, 0.15) is 25.8 Å². The van der Waals surface area contributed by atoms with E-state index in [1.54, 1.807) is 7.11 Å². The predicted molar refractivity (Wildman–Crippen MR) is 68.9 cm³/mol. The Morgan fingerprint density at radius 2 is 2.13 bits per heavy atom. The summed E-state index contributed by atoms with van der Waals surface area (Å²) in [7, 11) is 1.71. The molecule has 0 aliphatic heterocycles. The summed E-state index contributed by atoms with van der Waals surface area (Å²) in [6, 6.07) is 8.32. The Hall–Kier alpha value is -0.500. The van der Waals surface area contributed by atoms with Gasteiger partial charge in [0.2, 0.25) is 0 Å². The van der Waals surface area contributed by atoms with Gasteiger partial charge in [-0.1, -0.05) is 41.9 Å². The van der Waals surface area contributed by atoms with Crippen LogP contribution in [0, 0.1) is 5.92 Å². The Morgan fingerprint density at radius 3 is 2.73 bits per heavy atom. The van der Waals surface area contributed by atoms with Crippen molar-refractivity contribution in [3.63, 3.8) is 0 Å². The van der Waals surface area contributed by atoms with Gasteiger partial charge in [-0.15, -0.1) is 0 Å². The SMILES string of the molecule is CCC(Br)C(C)Cc1cccc(OC)c1. The Labute approximate surface area is 101 Å². The summed E-state index contributed by atoms with van der Waals surface area (Å²) in [5, 5.41) is 0. The van der Waals surface area contributed by atoms with Crippen molar-refractivity contribution in [2.75, 3.05) is 7.11 Å². The Bertz CT molecular complexity index is 298. The number of rotatable bonds is 5. The minimum absolute atomic E-state index is 0.601. The summed E-state index contributed by atoms with van der Waals surface area (Å²) >= 11 is 3.70. The maximum absolute atomic E-state index is 5.21. The van der Waals surface area contributed by atoms with Gasteiger partial charge in [-0.2, -0.15) is 0 Å². The highest BCUT2D eigenvalue weighted by Crippen LogP contribution is 2.22. The lowest BCUT2D eigenvalue weighted by Gasteiger charge is -2.16. The van der Waals surface area contributed by atoms with Gasteiger partial charge in [-0.25, -0.2) is 0 Å². The second kappa shape index (κ2) is 6.16. The molecule has 1 rings (SSSR count). The van der Waals surface area contributed by atoms with Gasteiger partial charge >= 0.3 is 0 Å². The molecule has 0 amide bonds. The maximum atomic E-state index is 5.21. The largest absolute Gasteiger partial charge is 0.497 e. The molecule has 0 N–H and O–H groups in total. The van der Waals surface area contributed by atoms with Gasteiger partial charge in [0, 0.05) is 4.83 Å². The van der Waals surface area contributed by atoms with E-state index in [4.69, 9.17) is 4.74 Å². The third kappa shape index (κ3) is 3.86. The first-order chi connectivity index (χ1) is 7.17. The third-order valence-electron chi connectivity index (χ3n) is 2.70. The summed E-state index contributed by atoms with van der Waals surface area (Å²) < 4.78 is 5.21. The maximum Gasteiger partial charge on any atom is 0.119 e. The van der Waals surface area contributed by atoms with E-state index in [9.17, 15) is 0 Å². The molecule has 0 bridgehead atoms. The quantitative estimate of drug-likeness (QED) is 0.734. The number of methoxy groups -OCH3 is 1. The lowest BCUT2D eigenvalue weighted by molar-refractivity contribution is 0.413. The van der Waals surface area contributed by atoms with Crippen LogP contribution in [0.15, 0.2) is 24.3 Å². The van der Waals surface area contributed by atoms with Crippen LogP contribution in [0.5, 0.6) is 5.75 Å². The van der Waals surface area contributed by atoms with E-state index in [1.807, 2.05) is 6.07 Å². The first-order valence-electron chi connectivity index (χ1n) is 5.44. The van der Waals surface area contributed by atoms with Crippen molar-refractivity contribution in [1.82, 2.24) is 0 Å². The van der Waals surface area contributed by atoms with Gasteiger partial charge in [-0.05, 0) is 36.5 Å². The summed E-state index contributed by atoms with van der Waals surface area (Å²) in [6.45, 7) is 4.49. The van der Waals surface area contributed by atoms with Gasteiger partial charge < -0.3 is 4.74 Å². The fraction of sp³-hybridized carbons (Fsp3) is 0.538. The molecule has 2 atom stereocenters. The molecule has 84 valence electrons. The van der Waals surface area contributed by atoms with Crippen LogP contribution in [-0.2, 0) is 6.42 Å². The number of hydrogen-bond donors (Lipinski definition) is 0. The van der Waals surface area contributed by atoms with Crippen molar-refractivity contribution in [3.8, 4) is 5.75 Å². The number of halogens is 1. The fourth-order valence-corrected chi connectivity index (χ4v) is 1.89. The smallest absolute Gasteiger partial charge is 0.119 e. The van der Waals surface area contributed by atoms with Crippen LogP contribution in [0.25, 0.3) is 0 Å². The van der Waals surface area contributed by atoms with Crippen LogP contribution in [0.2, 0.25) is 0 Å². The van der Waals surface area contributed by atoms with E-state index >= 15 is 0 Å². The minimum Gasteiger partial charge on any atom is -0.497 e. The van der Waals surface area contributed by atoms with E-state index in [2.05, 4.69) is 48.0 Å². The summed E-state index contributed by atoms with van der Waals surface area (Å²) in [6.07, 6.45) is 2.27. The lowest BCUT2D eigenvalue weighted by atomic mass is 9.97. The monoisotopic (exact) mass is 270 g/mol. The number of alkyl halides is 1. The van der Waals surface area contributed by atoms with Crippen molar-refractivity contribution >= 4 is 15.9 Å². The first-order valence-corrected chi connectivity index (χ1v) is 6.36. The molecule has 15 heavy (non-hydrogen) atoms. The molecule has 0 aromatic heterocycles. The second-order valence-corrected chi connectivity index (χ2v) is 5.13. The van der Waals surface area contributed by atoms with E-state index in [1.165, 1.54) is 12.0 Å². The van der Waals surface area contributed by atoms with E-state index < -0.39 is 0 Å². The summed E-state index contributed by atoms with van der Waals surface area (Å²) in [5.41, 5.74) is 1.35. The molecule has 1 nitrogen and oxygen atoms in total. The molecule has 0 heterocycles. The highest BCUT2D eigenvalue weighted by atomic mass is 79.9. The van der Waals surface area contributed by atoms with Crippen LogP contribution < -0.4 is 4.74 Å². The minimum atomic E-state index is 0.601. The molecule has 0 spiro atoms. The van der Waals surface area contributed by atoms with Crippen LogP contribution in [-0.4, -0.2) is 11.9 Å². The summed E-state index contributed by atoms with van der Waals surface area (Å²) in [5.74, 6) is 1.60. The lowest BCUT2D eigenvalue weighted by Crippen LogP contribution is -2.12. The highest BCUT2D eigenvalue weighted by molar-refractivity contribution is 9.09. The zero-order chi connectivity index (χ0) is 11.3. The molecular formula is C13H19BrO. The average molecular weight is 271 g/mol. The van der Waals surface area contributed by atoms with E-state index in [-0.39, 0.29) is 0 Å². The molecule has 2 unspecified atom stereocenters. The molecule has 2 heteroatoms. The van der Waals surface area contributed by atoms with Gasteiger partial charge in [0.05, 0.1) is 7.11 Å². The number of benzene rings is 1. The Morgan fingerprint density at radius 1 is 1.40 bits per heavy atom. The van der Waals surface area contributed by atoms with Crippen LogP contribution >= 0.6 is 15.9 Å². The zero-order valence-electron chi connectivity index (χ0n) is 9.66. The Balaban J connectivity index is 2.63. The van der Waals surface area contributed by atoms with Gasteiger partial charge in [0.25, 0.3) is 0 Å². The van der Waals surface area contributed by atoms with Crippen LogP contribution in [0.4, 0.5) is 0 Å². The normalized spacial score (nSPS) is 14.7. The standard InChI is InChI=1S/C13H19BrO/c1-4-13(14)10(2)8-11-6-5-7-12(9-11)15-3/h5-7,9-10,13H,4,8H2,1-3H3. The molecular weight excluding hydrogens is 252 g/mol. The molecule has 0 saturated heterocycles. The molecule has 1 aromatic carbocycles. The van der Waals surface area contributed by atoms with Crippen molar-refractivity contribution in [2.45, 2.75) is 31.5 Å². The fourth-order valence-electron chi connectivity index (χ4n) is 1.70. The highest BCUT2D eigenvalue weighted by Gasteiger charge is 2.12. The molecule has 1 aromatic rings. The van der Waals surface area contributed by atoms with Crippen molar-refractivity contribution < 1.29 is 4.74 Å². The number of ether oxygens (including phenoxy) is 1. The van der Waals surface area contributed by atoms with Crippen molar-refractivity contribution in [2.24, 2.45) is 5.92 Å². The van der Waals surface area contributed by atoms with Gasteiger partial charge in [0.15, 0.2) is 0 Å². The van der Waals surface area contributed by atoms with Crippen molar-refractivity contribution in [3.05, 3.63) is 29.8 Å². The number of hydrogen-bond acceptors (Lipinski definition) is 1. The molecule has 0 radical (unpaired) electrons. The van der Waals surface area contributed by atoms with Gasteiger partial charge in [-0.3, -0.25) is 0 Å². The van der Waals surface area contributed by atoms with E-state index in [0.29, 0.717) is 10.7 Å². The summed E-state index contributed by atoms with van der Waals surface area (Å²) in [4.78, 5) is 0.601. The molecule has 0 aliphatic rings. The van der Waals surface area contributed by atoms with Crippen molar-refractivity contribution in [1.29, 1.82) is 0 Å². The molecule has 0 fully saturated rings. The van der Waals surface area contributed by atoms with Gasteiger partial charge in [0.1, 0.15) is 5.75 Å².